The summed E-state index contributed by atoms with van der Waals surface area (Å²) in [5, 5.41) is 15.0. The summed E-state index contributed by atoms with van der Waals surface area (Å²) in [7, 11) is 0. The lowest BCUT2D eigenvalue weighted by Crippen LogP contribution is -2.40. The van der Waals surface area contributed by atoms with Crippen molar-refractivity contribution in [2.75, 3.05) is 0 Å². The van der Waals surface area contributed by atoms with Crippen molar-refractivity contribution >= 4 is 16.8 Å². The molecule has 3 aromatic rings. The van der Waals surface area contributed by atoms with Gasteiger partial charge in [-0.15, -0.1) is 0 Å². The highest BCUT2D eigenvalue weighted by molar-refractivity contribution is 6.05. The molecule has 5 rings (SSSR count). The molecule has 0 unspecified atom stereocenters. The second-order valence-corrected chi connectivity index (χ2v) is 7.88. The number of amides is 1. The third-order valence-corrected chi connectivity index (χ3v) is 5.69. The number of alkyl halides is 2. The first-order valence-corrected chi connectivity index (χ1v) is 9.70. The van der Waals surface area contributed by atoms with Gasteiger partial charge in [-0.2, -0.15) is 10.2 Å². The Labute approximate surface area is 160 Å². The minimum absolute atomic E-state index is 0.186. The number of aromatic amines is 1. The van der Waals surface area contributed by atoms with E-state index in [4.69, 9.17) is 0 Å². The highest BCUT2D eigenvalue weighted by Gasteiger charge is 2.35. The summed E-state index contributed by atoms with van der Waals surface area (Å²) in [6.45, 7) is 0. The molecule has 0 spiro atoms. The van der Waals surface area contributed by atoms with E-state index in [2.05, 4.69) is 20.6 Å². The molecule has 0 saturated heterocycles. The quantitative estimate of drug-likeness (QED) is 0.711. The number of H-pyrrole nitrogens is 1. The Kier molecular flexibility index (Phi) is 3.96. The average molecular weight is 385 g/mol. The monoisotopic (exact) mass is 385 g/mol. The van der Waals surface area contributed by atoms with Crippen LogP contribution in [0.2, 0.25) is 0 Å². The minimum atomic E-state index is -2.61. The van der Waals surface area contributed by atoms with E-state index in [0.717, 1.165) is 22.0 Å². The van der Waals surface area contributed by atoms with Crippen LogP contribution in [-0.2, 0) is 0 Å². The second kappa shape index (κ2) is 6.39. The number of hydrogen-bond acceptors (Lipinski definition) is 3. The van der Waals surface area contributed by atoms with Crippen molar-refractivity contribution in [3.63, 3.8) is 0 Å². The number of halogens is 2. The first-order chi connectivity index (χ1) is 13.5. The molecule has 28 heavy (non-hydrogen) atoms. The van der Waals surface area contributed by atoms with E-state index < -0.39 is 5.92 Å². The summed E-state index contributed by atoms with van der Waals surface area (Å²) >= 11 is 0. The summed E-state index contributed by atoms with van der Waals surface area (Å²) in [5.41, 5.74) is 3.02. The topological polar surface area (TPSA) is 75.6 Å². The molecule has 6 nitrogen and oxygen atoms in total. The van der Waals surface area contributed by atoms with E-state index in [1.165, 1.54) is 12.8 Å². The molecule has 2 aliphatic rings. The van der Waals surface area contributed by atoms with Crippen LogP contribution < -0.4 is 5.32 Å². The predicted octanol–water partition coefficient (Wildman–Crippen LogP) is 4.07. The number of nitrogens with zero attached hydrogens (tertiary/aromatic N) is 3. The van der Waals surface area contributed by atoms with Crippen molar-refractivity contribution < 1.29 is 13.6 Å². The summed E-state index contributed by atoms with van der Waals surface area (Å²) in [6, 6.07) is 6.07. The molecule has 0 bridgehead atoms. The van der Waals surface area contributed by atoms with E-state index in [0.29, 0.717) is 11.7 Å². The average Bonchev–Trinajstić information content (AvgIpc) is 3.25. The van der Waals surface area contributed by atoms with Crippen LogP contribution >= 0.6 is 0 Å². The highest BCUT2D eigenvalue weighted by Crippen LogP contribution is 2.36. The number of rotatable bonds is 4. The van der Waals surface area contributed by atoms with Crippen LogP contribution in [0.5, 0.6) is 0 Å². The predicted molar refractivity (Wildman–Crippen MR) is 100 cm³/mol. The van der Waals surface area contributed by atoms with Crippen LogP contribution in [0.25, 0.3) is 22.0 Å². The van der Waals surface area contributed by atoms with Crippen LogP contribution in [0.3, 0.4) is 0 Å². The Morgan fingerprint density at radius 2 is 1.96 bits per heavy atom. The summed E-state index contributed by atoms with van der Waals surface area (Å²) in [4.78, 5) is 12.7. The molecule has 1 amide bonds. The molecule has 0 aliphatic heterocycles. The van der Waals surface area contributed by atoms with Gasteiger partial charge in [-0.1, -0.05) is 6.07 Å². The van der Waals surface area contributed by atoms with Gasteiger partial charge in [-0.05, 0) is 43.4 Å². The zero-order valence-corrected chi connectivity index (χ0v) is 15.3. The van der Waals surface area contributed by atoms with Gasteiger partial charge in [-0.25, -0.2) is 8.78 Å². The maximum Gasteiger partial charge on any atom is 0.272 e. The molecule has 2 N–H and O–H groups in total. The van der Waals surface area contributed by atoms with Crippen molar-refractivity contribution in [1.29, 1.82) is 0 Å². The van der Waals surface area contributed by atoms with Crippen molar-refractivity contribution in [2.24, 2.45) is 0 Å². The highest BCUT2D eigenvalue weighted by atomic mass is 19.3. The second-order valence-electron chi connectivity index (χ2n) is 7.88. The Hall–Kier alpha value is -2.77. The SMILES string of the molecule is O=C(NC1CCC(F)(F)CC1)c1n[nH]c2ccc(-c3cnn(C4CC4)c3)cc12. The third kappa shape index (κ3) is 3.27. The largest absolute Gasteiger partial charge is 0.348 e. The van der Waals surface area contributed by atoms with E-state index in [1.54, 1.807) is 0 Å². The van der Waals surface area contributed by atoms with Crippen LogP contribution in [0.15, 0.2) is 30.6 Å². The molecule has 1 aromatic carbocycles. The number of aromatic nitrogens is 4. The third-order valence-electron chi connectivity index (χ3n) is 5.69. The van der Waals surface area contributed by atoms with E-state index in [-0.39, 0.29) is 37.6 Å². The number of benzene rings is 1. The standard InChI is InChI=1S/C20H21F2N5O/c21-20(22)7-5-14(6-8-20)24-19(28)18-16-9-12(1-4-17(16)25-26-18)13-10-23-27(11-13)15-2-3-15/h1,4,9-11,14-15H,2-3,5-8H2,(H,24,28)(H,25,26). The number of nitrogens with one attached hydrogen (secondary N) is 2. The van der Waals surface area contributed by atoms with Crippen molar-refractivity contribution in [2.45, 2.75) is 56.5 Å². The number of fused-ring (bicyclic) bond motifs is 1. The smallest absolute Gasteiger partial charge is 0.272 e. The Morgan fingerprint density at radius 3 is 2.71 bits per heavy atom. The molecule has 2 aromatic heterocycles. The van der Waals surface area contributed by atoms with Gasteiger partial charge in [0.05, 0.1) is 17.8 Å². The maximum absolute atomic E-state index is 13.3. The van der Waals surface area contributed by atoms with Gasteiger partial charge in [0, 0.05) is 36.0 Å². The van der Waals surface area contributed by atoms with Crippen molar-refractivity contribution in [3.05, 3.63) is 36.3 Å². The van der Waals surface area contributed by atoms with Crippen LogP contribution in [0, 0.1) is 0 Å². The summed E-state index contributed by atoms with van der Waals surface area (Å²) in [6.07, 6.45) is 6.39. The fourth-order valence-corrected chi connectivity index (χ4v) is 3.83. The summed E-state index contributed by atoms with van der Waals surface area (Å²) in [5.74, 6) is -2.94. The Balaban J connectivity index is 1.37. The maximum atomic E-state index is 13.3. The summed E-state index contributed by atoms with van der Waals surface area (Å²) < 4.78 is 28.6. The van der Waals surface area contributed by atoms with Gasteiger partial charge in [0.2, 0.25) is 5.92 Å². The van der Waals surface area contributed by atoms with Crippen LogP contribution in [-0.4, -0.2) is 37.8 Å². The normalized spacial score (nSPS) is 19.8. The van der Waals surface area contributed by atoms with Crippen molar-refractivity contribution in [3.8, 4) is 11.1 Å². The molecule has 8 heteroatoms. The lowest BCUT2D eigenvalue weighted by molar-refractivity contribution is -0.0399. The molecular formula is C20H21F2N5O. The van der Waals surface area contributed by atoms with E-state index in [9.17, 15) is 13.6 Å². The van der Waals surface area contributed by atoms with E-state index >= 15 is 0 Å². The molecule has 146 valence electrons. The molecule has 2 saturated carbocycles. The Morgan fingerprint density at radius 1 is 1.18 bits per heavy atom. The molecular weight excluding hydrogens is 364 g/mol. The first kappa shape index (κ1) is 17.3. The van der Waals surface area contributed by atoms with Gasteiger partial charge in [0.15, 0.2) is 5.69 Å². The molecule has 2 fully saturated rings. The number of carbonyl (C=O) groups is 1. The zero-order valence-electron chi connectivity index (χ0n) is 15.3. The lowest BCUT2D eigenvalue weighted by atomic mass is 9.92. The van der Waals surface area contributed by atoms with Gasteiger partial charge in [-0.3, -0.25) is 14.6 Å². The Bertz CT molecular complexity index is 1030. The van der Waals surface area contributed by atoms with Gasteiger partial charge < -0.3 is 5.32 Å². The zero-order chi connectivity index (χ0) is 19.3. The molecule has 2 heterocycles. The number of carbonyl (C=O) groups excluding carboxylic acids is 1. The van der Waals surface area contributed by atoms with Crippen molar-refractivity contribution in [1.82, 2.24) is 25.3 Å². The van der Waals surface area contributed by atoms with Gasteiger partial charge in [0.25, 0.3) is 5.91 Å². The molecule has 0 atom stereocenters. The first-order valence-electron chi connectivity index (χ1n) is 9.70. The molecule has 2 aliphatic carbocycles. The molecule has 0 radical (unpaired) electrons. The van der Waals surface area contributed by atoms with Gasteiger partial charge >= 0.3 is 0 Å². The van der Waals surface area contributed by atoms with E-state index in [1.807, 2.05) is 35.3 Å². The van der Waals surface area contributed by atoms with Crippen LogP contribution in [0.4, 0.5) is 8.78 Å². The minimum Gasteiger partial charge on any atom is -0.348 e. The fourth-order valence-electron chi connectivity index (χ4n) is 3.83. The lowest BCUT2D eigenvalue weighted by Gasteiger charge is -2.28. The van der Waals surface area contributed by atoms with Gasteiger partial charge in [0.1, 0.15) is 0 Å². The van der Waals surface area contributed by atoms with Crippen LogP contribution in [0.1, 0.15) is 55.1 Å². The number of hydrogen-bond donors (Lipinski definition) is 2. The fraction of sp³-hybridized carbons (Fsp3) is 0.450.